The first-order valence-corrected chi connectivity index (χ1v) is 5.81. The maximum Gasteiger partial charge on any atom is 0.274 e. The molecule has 2 aromatic rings. The number of carbonyl (C=O) groups is 1. The summed E-state index contributed by atoms with van der Waals surface area (Å²) in [7, 11) is 0. The predicted octanol–water partition coefficient (Wildman–Crippen LogP) is 2.05. The number of benzene rings is 1. The third-order valence-electron chi connectivity index (χ3n) is 2.64. The molecule has 18 heavy (non-hydrogen) atoms. The van der Waals surface area contributed by atoms with Crippen LogP contribution in [0, 0.1) is 6.92 Å². The number of aromatic nitrogens is 2. The fraction of sp³-hybridized carbons (Fsp3) is 0.231. The molecule has 94 valence electrons. The van der Waals surface area contributed by atoms with E-state index in [0.717, 1.165) is 11.3 Å². The van der Waals surface area contributed by atoms with E-state index in [9.17, 15) is 4.79 Å². The smallest absolute Gasteiger partial charge is 0.274 e. The molecule has 0 aliphatic rings. The highest BCUT2D eigenvalue weighted by Gasteiger charge is 2.13. The Hall–Kier alpha value is -2.30. The lowest BCUT2D eigenvalue weighted by molar-refractivity contribution is 0.101. The van der Waals surface area contributed by atoms with Crippen LogP contribution in [0.15, 0.2) is 30.3 Å². The molecule has 1 aromatic heterocycles. The van der Waals surface area contributed by atoms with Gasteiger partial charge in [0.05, 0.1) is 0 Å². The molecule has 0 radical (unpaired) electrons. The number of nitrogen functional groups attached to an aromatic ring is 1. The van der Waals surface area contributed by atoms with E-state index < -0.39 is 0 Å². The fourth-order valence-corrected chi connectivity index (χ4v) is 1.69. The van der Waals surface area contributed by atoms with Crippen molar-refractivity contribution in [3.63, 3.8) is 0 Å². The SMILES string of the molecule is CCn1nc(N)cc1C(=O)Nc1ccc(C)cc1. The number of nitrogens with zero attached hydrogens (tertiary/aromatic N) is 2. The summed E-state index contributed by atoms with van der Waals surface area (Å²) in [5.74, 6) is 0.149. The van der Waals surface area contributed by atoms with Gasteiger partial charge in [0.25, 0.3) is 5.91 Å². The van der Waals surface area contributed by atoms with Crippen molar-refractivity contribution in [2.75, 3.05) is 11.1 Å². The number of carbonyl (C=O) groups excluding carboxylic acids is 1. The van der Waals surface area contributed by atoms with Crippen molar-refractivity contribution in [1.29, 1.82) is 0 Å². The van der Waals surface area contributed by atoms with Gasteiger partial charge in [0, 0.05) is 18.3 Å². The Morgan fingerprint density at radius 2 is 2.06 bits per heavy atom. The second-order valence-electron chi connectivity index (χ2n) is 4.09. The van der Waals surface area contributed by atoms with Crippen LogP contribution < -0.4 is 11.1 Å². The highest BCUT2D eigenvalue weighted by atomic mass is 16.2. The fourth-order valence-electron chi connectivity index (χ4n) is 1.69. The summed E-state index contributed by atoms with van der Waals surface area (Å²) in [6.45, 7) is 4.52. The second-order valence-corrected chi connectivity index (χ2v) is 4.09. The van der Waals surface area contributed by atoms with Gasteiger partial charge in [-0.3, -0.25) is 9.48 Å². The van der Waals surface area contributed by atoms with Crippen LogP contribution in [0.2, 0.25) is 0 Å². The highest BCUT2D eigenvalue weighted by molar-refractivity contribution is 6.03. The van der Waals surface area contributed by atoms with E-state index in [1.807, 2.05) is 38.1 Å². The lowest BCUT2D eigenvalue weighted by atomic mass is 10.2. The highest BCUT2D eigenvalue weighted by Crippen LogP contribution is 2.12. The van der Waals surface area contributed by atoms with E-state index in [1.165, 1.54) is 0 Å². The average Bonchev–Trinajstić information content (AvgIpc) is 2.73. The van der Waals surface area contributed by atoms with E-state index >= 15 is 0 Å². The molecule has 0 atom stereocenters. The van der Waals surface area contributed by atoms with Crippen LogP contribution in [0.3, 0.4) is 0 Å². The van der Waals surface area contributed by atoms with E-state index in [2.05, 4.69) is 10.4 Å². The van der Waals surface area contributed by atoms with Gasteiger partial charge < -0.3 is 11.1 Å². The van der Waals surface area contributed by atoms with Gasteiger partial charge in [-0.25, -0.2) is 0 Å². The zero-order valence-corrected chi connectivity index (χ0v) is 10.5. The van der Waals surface area contributed by atoms with E-state index in [4.69, 9.17) is 5.73 Å². The Kier molecular flexibility index (Phi) is 3.32. The van der Waals surface area contributed by atoms with Crippen molar-refractivity contribution >= 4 is 17.4 Å². The number of nitrogens with two attached hydrogens (primary N) is 1. The molecule has 0 saturated carbocycles. The van der Waals surface area contributed by atoms with Crippen LogP contribution in [0.1, 0.15) is 23.0 Å². The van der Waals surface area contributed by atoms with Gasteiger partial charge in [0.2, 0.25) is 0 Å². The summed E-state index contributed by atoms with van der Waals surface area (Å²) in [6, 6.07) is 9.20. The first-order valence-electron chi connectivity index (χ1n) is 5.81. The van der Waals surface area contributed by atoms with Gasteiger partial charge in [0.15, 0.2) is 0 Å². The third-order valence-corrected chi connectivity index (χ3v) is 2.64. The largest absolute Gasteiger partial charge is 0.382 e. The molecule has 0 saturated heterocycles. The Morgan fingerprint density at radius 3 is 2.67 bits per heavy atom. The summed E-state index contributed by atoms with van der Waals surface area (Å²) in [4.78, 5) is 12.1. The summed E-state index contributed by atoms with van der Waals surface area (Å²) in [5.41, 5.74) is 7.97. The number of hydrogen-bond acceptors (Lipinski definition) is 3. The molecule has 0 spiro atoms. The van der Waals surface area contributed by atoms with Crippen LogP contribution in [0.4, 0.5) is 11.5 Å². The molecule has 5 nitrogen and oxygen atoms in total. The quantitative estimate of drug-likeness (QED) is 0.867. The minimum atomic E-state index is -0.204. The Morgan fingerprint density at radius 1 is 1.39 bits per heavy atom. The minimum absolute atomic E-state index is 0.204. The van der Waals surface area contributed by atoms with Crippen molar-refractivity contribution in [2.45, 2.75) is 20.4 Å². The lowest BCUT2D eigenvalue weighted by Gasteiger charge is -2.06. The van der Waals surface area contributed by atoms with Gasteiger partial charge in [-0.2, -0.15) is 5.10 Å². The maximum atomic E-state index is 12.1. The summed E-state index contributed by atoms with van der Waals surface area (Å²) < 4.78 is 1.58. The Labute approximate surface area is 106 Å². The van der Waals surface area contributed by atoms with Crippen molar-refractivity contribution < 1.29 is 4.79 Å². The molecule has 1 heterocycles. The van der Waals surface area contributed by atoms with Crippen LogP contribution in [-0.4, -0.2) is 15.7 Å². The number of rotatable bonds is 3. The molecule has 1 aromatic carbocycles. The third kappa shape index (κ3) is 2.51. The normalized spacial score (nSPS) is 10.3. The standard InChI is InChI=1S/C13H16N4O/c1-3-17-11(8-12(14)16-17)13(18)15-10-6-4-9(2)5-7-10/h4-8H,3H2,1-2H3,(H2,14,16)(H,15,18). The summed E-state index contributed by atoms with van der Waals surface area (Å²) in [5, 5.41) is 6.86. The zero-order chi connectivity index (χ0) is 13.1. The van der Waals surface area contributed by atoms with Gasteiger partial charge in [0.1, 0.15) is 11.5 Å². The van der Waals surface area contributed by atoms with E-state index in [-0.39, 0.29) is 5.91 Å². The van der Waals surface area contributed by atoms with Crippen LogP contribution in [0.25, 0.3) is 0 Å². The predicted molar refractivity (Wildman–Crippen MR) is 71.4 cm³/mol. The van der Waals surface area contributed by atoms with Crippen LogP contribution >= 0.6 is 0 Å². The van der Waals surface area contributed by atoms with Gasteiger partial charge in [-0.05, 0) is 26.0 Å². The number of anilines is 2. The van der Waals surface area contributed by atoms with Gasteiger partial charge in [-0.15, -0.1) is 0 Å². The second kappa shape index (κ2) is 4.91. The first-order chi connectivity index (χ1) is 8.60. The molecule has 1 amide bonds. The van der Waals surface area contributed by atoms with Crippen molar-refractivity contribution in [3.8, 4) is 0 Å². The molecule has 3 N–H and O–H groups in total. The topological polar surface area (TPSA) is 72.9 Å². The maximum absolute atomic E-state index is 12.1. The van der Waals surface area contributed by atoms with E-state index in [0.29, 0.717) is 18.1 Å². The van der Waals surface area contributed by atoms with Gasteiger partial charge in [-0.1, -0.05) is 17.7 Å². The molecule has 0 fully saturated rings. The number of hydrogen-bond donors (Lipinski definition) is 2. The van der Waals surface area contributed by atoms with E-state index in [1.54, 1.807) is 10.7 Å². The van der Waals surface area contributed by atoms with Gasteiger partial charge >= 0.3 is 0 Å². The summed E-state index contributed by atoms with van der Waals surface area (Å²) >= 11 is 0. The lowest BCUT2D eigenvalue weighted by Crippen LogP contribution is -2.17. The molecular formula is C13H16N4O. The molecule has 0 aliphatic carbocycles. The molecule has 0 aliphatic heterocycles. The first kappa shape index (κ1) is 12.2. The number of aryl methyl sites for hydroxylation is 2. The Bertz CT molecular complexity index is 557. The van der Waals surface area contributed by atoms with Crippen molar-refractivity contribution in [2.24, 2.45) is 0 Å². The molecular weight excluding hydrogens is 228 g/mol. The number of amides is 1. The van der Waals surface area contributed by atoms with Crippen LogP contribution in [-0.2, 0) is 6.54 Å². The minimum Gasteiger partial charge on any atom is -0.382 e. The zero-order valence-electron chi connectivity index (χ0n) is 10.5. The van der Waals surface area contributed by atoms with Crippen LogP contribution in [0.5, 0.6) is 0 Å². The monoisotopic (exact) mass is 244 g/mol. The average molecular weight is 244 g/mol. The molecule has 2 rings (SSSR count). The summed E-state index contributed by atoms with van der Waals surface area (Å²) in [6.07, 6.45) is 0. The van der Waals surface area contributed by atoms with Crippen molar-refractivity contribution in [3.05, 3.63) is 41.6 Å². The molecule has 5 heteroatoms. The molecule has 0 unspecified atom stereocenters. The van der Waals surface area contributed by atoms with Crippen molar-refractivity contribution in [1.82, 2.24) is 9.78 Å². The Balaban J connectivity index is 2.19. The molecule has 0 bridgehead atoms. The number of nitrogens with one attached hydrogen (secondary N) is 1.